The molecule has 1 atom stereocenters. The second-order valence-corrected chi connectivity index (χ2v) is 4.51. The highest BCUT2D eigenvalue weighted by Gasteiger charge is 2.23. The molecule has 0 radical (unpaired) electrons. The van der Waals surface area contributed by atoms with Crippen LogP contribution in [0, 0.1) is 5.41 Å². The molecule has 12 heavy (non-hydrogen) atoms. The predicted molar refractivity (Wildman–Crippen MR) is 55.2 cm³/mol. The van der Waals surface area contributed by atoms with Gasteiger partial charge >= 0.3 is 0 Å². The van der Waals surface area contributed by atoms with Crippen molar-refractivity contribution < 1.29 is 0 Å². The number of rotatable bonds is 5. The van der Waals surface area contributed by atoms with Crippen LogP contribution in [0.1, 0.15) is 41.0 Å². The van der Waals surface area contributed by atoms with Crippen LogP contribution in [0.5, 0.6) is 0 Å². The summed E-state index contributed by atoms with van der Waals surface area (Å²) < 4.78 is 0. The van der Waals surface area contributed by atoms with Crippen LogP contribution in [0.25, 0.3) is 0 Å². The Labute approximate surface area is 76.9 Å². The topological polar surface area (TPSA) is 38.0 Å². The molecule has 0 aromatic heterocycles. The SMILES string of the molecule is CCC(C)(C)C(N)CNC(C)C. The molecule has 0 amide bonds. The first-order valence-corrected chi connectivity index (χ1v) is 4.89. The van der Waals surface area contributed by atoms with E-state index in [0.717, 1.165) is 13.0 Å². The van der Waals surface area contributed by atoms with Gasteiger partial charge in [0, 0.05) is 18.6 Å². The first-order valence-electron chi connectivity index (χ1n) is 4.89. The van der Waals surface area contributed by atoms with E-state index in [1.165, 1.54) is 0 Å². The molecule has 1 unspecified atom stereocenters. The van der Waals surface area contributed by atoms with Crippen LogP contribution in [0.4, 0.5) is 0 Å². The lowest BCUT2D eigenvalue weighted by molar-refractivity contribution is 0.263. The molecule has 0 saturated carbocycles. The third kappa shape index (κ3) is 4.07. The Morgan fingerprint density at radius 1 is 1.33 bits per heavy atom. The average molecular weight is 172 g/mol. The van der Waals surface area contributed by atoms with E-state index >= 15 is 0 Å². The number of nitrogens with one attached hydrogen (secondary N) is 1. The first-order chi connectivity index (χ1) is 5.40. The third-order valence-corrected chi connectivity index (χ3v) is 2.66. The molecule has 0 aliphatic carbocycles. The second kappa shape index (κ2) is 4.83. The van der Waals surface area contributed by atoms with Crippen molar-refractivity contribution >= 4 is 0 Å². The fraction of sp³-hybridized carbons (Fsp3) is 1.00. The van der Waals surface area contributed by atoms with Gasteiger partial charge in [-0.2, -0.15) is 0 Å². The largest absolute Gasteiger partial charge is 0.326 e. The Kier molecular flexibility index (Phi) is 4.80. The zero-order valence-corrected chi connectivity index (χ0v) is 9.15. The fourth-order valence-electron chi connectivity index (χ4n) is 0.901. The van der Waals surface area contributed by atoms with Crippen LogP contribution in [-0.2, 0) is 0 Å². The summed E-state index contributed by atoms with van der Waals surface area (Å²) in [5.74, 6) is 0. The maximum Gasteiger partial charge on any atom is 0.0217 e. The quantitative estimate of drug-likeness (QED) is 0.663. The van der Waals surface area contributed by atoms with Gasteiger partial charge in [0.1, 0.15) is 0 Å². The highest BCUT2D eigenvalue weighted by Crippen LogP contribution is 2.22. The third-order valence-electron chi connectivity index (χ3n) is 2.66. The van der Waals surface area contributed by atoms with E-state index in [1.807, 2.05) is 0 Å². The lowest BCUT2D eigenvalue weighted by atomic mass is 9.82. The summed E-state index contributed by atoms with van der Waals surface area (Å²) in [5, 5.41) is 3.36. The molecule has 74 valence electrons. The standard InChI is InChI=1S/C10H24N2/c1-6-10(4,5)9(11)7-12-8(2)3/h8-9,12H,6-7,11H2,1-5H3. The second-order valence-electron chi connectivity index (χ2n) is 4.51. The molecule has 0 aromatic rings. The highest BCUT2D eigenvalue weighted by molar-refractivity contribution is 4.82. The molecule has 0 aliphatic heterocycles. The van der Waals surface area contributed by atoms with Gasteiger partial charge in [-0.25, -0.2) is 0 Å². The molecule has 2 nitrogen and oxygen atoms in total. The Morgan fingerprint density at radius 2 is 1.83 bits per heavy atom. The van der Waals surface area contributed by atoms with Gasteiger partial charge in [0.05, 0.1) is 0 Å². The summed E-state index contributed by atoms with van der Waals surface area (Å²) in [7, 11) is 0. The van der Waals surface area contributed by atoms with Gasteiger partial charge in [0.2, 0.25) is 0 Å². The molecule has 0 aliphatic rings. The van der Waals surface area contributed by atoms with Crippen LogP contribution in [0.3, 0.4) is 0 Å². The van der Waals surface area contributed by atoms with E-state index in [0.29, 0.717) is 6.04 Å². The molecule has 0 bridgehead atoms. The molecule has 0 heterocycles. The number of hydrogen-bond donors (Lipinski definition) is 2. The molecule has 0 saturated heterocycles. The minimum atomic E-state index is 0.252. The van der Waals surface area contributed by atoms with Gasteiger partial charge in [-0.3, -0.25) is 0 Å². The van der Waals surface area contributed by atoms with E-state index in [2.05, 4.69) is 39.9 Å². The fourth-order valence-corrected chi connectivity index (χ4v) is 0.901. The van der Waals surface area contributed by atoms with Gasteiger partial charge in [-0.1, -0.05) is 34.6 Å². The van der Waals surface area contributed by atoms with E-state index in [1.54, 1.807) is 0 Å². The Bertz CT molecular complexity index is 119. The lowest BCUT2D eigenvalue weighted by Crippen LogP contribution is -2.46. The lowest BCUT2D eigenvalue weighted by Gasteiger charge is -2.31. The van der Waals surface area contributed by atoms with Crippen molar-refractivity contribution in [2.24, 2.45) is 11.1 Å². The number of hydrogen-bond acceptors (Lipinski definition) is 2. The van der Waals surface area contributed by atoms with Crippen LogP contribution in [0.2, 0.25) is 0 Å². The minimum Gasteiger partial charge on any atom is -0.326 e. The summed E-state index contributed by atoms with van der Waals surface area (Å²) in [6.07, 6.45) is 1.13. The smallest absolute Gasteiger partial charge is 0.0217 e. The Balaban J connectivity index is 3.78. The minimum absolute atomic E-state index is 0.252. The maximum absolute atomic E-state index is 6.05. The molecular weight excluding hydrogens is 148 g/mol. The van der Waals surface area contributed by atoms with E-state index in [9.17, 15) is 0 Å². The molecule has 0 fully saturated rings. The number of nitrogens with two attached hydrogens (primary N) is 1. The Morgan fingerprint density at radius 3 is 2.17 bits per heavy atom. The Hall–Kier alpha value is -0.0800. The molecular formula is C10H24N2. The zero-order chi connectivity index (χ0) is 9.78. The molecule has 2 heteroatoms. The predicted octanol–water partition coefficient (Wildman–Crippen LogP) is 1.75. The molecule has 0 aromatic carbocycles. The van der Waals surface area contributed by atoms with Gasteiger partial charge in [-0.05, 0) is 11.8 Å². The maximum atomic E-state index is 6.05. The summed E-state index contributed by atoms with van der Waals surface area (Å²) in [5.41, 5.74) is 6.30. The normalized spacial score (nSPS) is 15.2. The summed E-state index contributed by atoms with van der Waals surface area (Å²) in [4.78, 5) is 0. The van der Waals surface area contributed by atoms with Crippen molar-refractivity contribution in [3.05, 3.63) is 0 Å². The average Bonchev–Trinajstić information content (AvgIpc) is 2.00. The van der Waals surface area contributed by atoms with Gasteiger partial charge in [0.15, 0.2) is 0 Å². The molecule has 0 rings (SSSR count). The van der Waals surface area contributed by atoms with Crippen LogP contribution >= 0.6 is 0 Å². The van der Waals surface area contributed by atoms with Gasteiger partial charge in [0.25, 0.3) is 0 Å². The first kappa shape index (κ1) is 11.9. The van der Waals surface area contributed by atoms with Crippen molar-refractivity contribution in [1.82, 2.24) is 5.32 Å². The highest BCUT2D eigenvalue weighted by atomic mass is 14.9. The zero-order valence-electron chi connectivity index (χ0n) is 9.15. The molecule has 3 N–H and O–H groups in total. The van der Waals surface area contributed by atoms with Crippen LogP contribution in [0.15, 0.2) is 0 Å². The van der Waals surface area contributed by atoms with Gasteiger partial charge in [-0.15, -0.1) is 0 Å². The van der Waals surface area contributed by atoms with Crippen molar-refractivity contribution in [3.8, 4) is 0 Å². The van der Waals surface area contributed by atoms with Crippen molar-refractivity contribution in [2.75, 3.05) is 6.54 Å². The summed E-state index contributed by atoms with van der Waals surface area (Å²) >= 11 is 0. The van der Waals surface area contributed by atoms with Crippen molar-refractivity contribution in [2.45, 2.75) is 53.1 Å². The molecule has 0 spiro atoms. The van der Waals surface area contributed by atoms with Crippen LogP contribution in [-0.4, -0.2) is 18.6 Å². The van der Waals surface area contributed by atoms with E-state index < -0.39 is 0 Å². The van der Waals surface area contributed by atoms with E-state index in [4.69, 9.17) is 5.73 Å². The summed E-state index contributed by atoms with van der Waals surface area (Å²) in [6.45, 7) is 11.8. The van der Waals surface area contributed by atoms with Gasteiger partial charge < -0.3 is 11.1 Å². The van der Waals surface area contributed by atoms with Crippen LogP contribution < -0.4 is 11.1 Å². The monoisotopic (exact) mass is 172 g/mol. The van der Waals surface area contributed by atoms with Crippen molar-refractivity contribution in [1.29, 1.82) is 0 Å². The summed E-state index contributed by atoms with van der Waals surface area (Å²) in [6, 6.07) is 0.786. The van der Waals surface area contributed by atoms with Crippen molar-refractivity contribution in [3.63, 3.8) is 0 Å². The van der Waals surface area contributed by atoms with E-state index in [-0.39, 0.29) is 11.5 Å².